The first-order valence-corrected chi connectivity index (χ1v) is 6.68. The zero-order chi connectivity index (χ0) is 12.2. The topological polar surface area (TPSA) is 37.9 Å². The van der Waals surface area contributed by atoms with Gasteiger partial charge >= 0.3 is 0 Å². The Balaban J connectivity index is 1.74. The molecule has 1 aliphatic carbocycles. The maximum Gasteiger partial charge on any atom is 0.120 e. The van der Waals surface area contributed by atoms with Crippen LogP contribution in [0.4, 0.5) is 0 Å². The van der Waals surface area contributed by atoms with Crippen molar-refractivity contribution in [1.29, 1.82) is 0 Å². The first-order chi connectivity index (χ1) is 8.92. The van der Waals surface area contributed by atoms with Crippen molar-refractivity contribution in [3.05, 3.63) is 36.5 Å². The highest BCUT2D eigenvalue weighted by atomic mass is 16.5. The lowest BCUT2D eigenvalue weighted by molar-refractivity contribution is 0.155. The van der Waals surface area contributed by atoms with E-state index in [2.05, 4.69) is 22.3 Å². The Labute approximate surface area is 107 Å². The molecule has 0 amide bonds. The molecule has 3 rings (SSSR count). The lowest BCUT2D eigenvalue weighted by atomic mass is 9.98. The summed E-state index contributed by atoms with van der Waals surface area (Å²) in [6, 6.07) is 10.2. The fraction of sp³-hybridized carbons (Fsp3) is 0.400. The van der Waals surface area contributed by atoms with Crippen LogP contribution in [-0.2, 0) is 0 Å². The fourth-order valence-corrected chi connectivity index (χ4v) is 2.53. The van der Waals surface area contributed by atoms with E-state index in [-0.39, 0.29) is 0 Å². The van der Waals surface area contributed by atoms with Gasteiger partial charge in [-0.2, -0.15) is 5.10 Å². The molecule has 1 saturated carbocycles. The molecule has 1 aromatic heterocycles. The van der Waals surface area contributed by atoms with Gasteiger partial charge in [-0.3, -0.25) is 5.10 Å². The van der Waals surface area contributed by atoms with E-state index in [1.165, 1.54) is 32.1 Å². The summed E-state index contributed by atoms with van der Waals surface area (Å²) < 4.78 is 6.06. The van der Waals surface area contributed by atoms with Crippen molar-refractivity contribution in [3.8, 4) is 17.0 Å². The Hall–Kier alpha value is -1.77. The highest BCUT2D eigenvalue weighted by Crippen LogP contribution is 2.26. The van der Waals surface area contributed by atoms with Crippen LogP contribution in [0.3, 0.4) is 0 Å². The van der Waals surface area contributed by atoms with Crippen molar-refractivity contribution in [1.82, 2.24) is 10.2 Å². The second-order valence-corrected chi connectivity index (χ2v) is 4.88. The molecular formula is C15H18N2O. The predicted molar refractivity (Wildman–Crippen MR) is 71.5 cm³/mol. The third-order valence-corrected chi connectivity index (χ3v) is 3.50. The molecule has 1 heterocycles. The van der Waals surface area contributed by atoms with Gasteiger partial charge in [-0.05, 0) is 43.9 Å². The van der Waals surface area contributed by atoms with Crippen LogP contribution < -0.4 is 4.74 Å². The summed E-state index contributed by atoms with van der Waals surface area (Å²) in [4.78, 5) is 0. The molecule has 0 atom stereocenters. The van der Waals surface area contributed by atoms with Crippen molar-refractivity contribution < 1.29 is 4.74 Å². The van der Waals surface area contributed by atoms with Crippen molar-refractivity contribution in [2.45, 2.75) is 38.2 Å². The molecule has 0 bridgehead atoms. The number of aromatic nitrogens is 2. The van der Waals surface area contributed by atoms with Gasteiger partial charge in [0.05, 0.1) is 11.8 Å². The molecule has 0 aliphatic heterocycles. The van der Waals surface area contributed by atoms with Crippen LogP contribution >= 0.6 is 0 Å². The van der Waals surface area contributed by atoms with E-state index >= 15 is 0 Å². The molecule has 18 heavy (non-hydrogen) atoms. The van der Waals surface area contributed by atoms with E-state index in [1.807, 2.05) is 18.2 Å². The minimum absolute atomic E-state index is 0.399. The van der Waals surface area contributed by atoms with Gasteiger partial charge in [0, 0.05) is 11.8 Å². The molecule has 0 spiro atoms. The summed E-state index contributed by atoms with van der Waals surface area (Å²) in [7, 11) is 0. The van der Waals surface area contributed by atoms with Crippen LogP contribution in [0.5, 0.6) is 5.75 Å². The molecular weight excluding hydrogens is 224 g/mol. The molecule has 0 saturated heterocycles. The Bertz CT molecular complexity index is 487. The van der Waals surface area contributed by atoms with E-state index in [0.717, 1.165) is 17.0 Å². The second-order valence-electron chi connectivity index (χ2n) is 4.88. The van der Waals surface area contributed by atoms with Crippen LogP contribution in [0.1, 0.15) is 32.1 Å². The number of rotatable bonds is 3. The standard InChI is InChI=1S/C15H18N2O/c1-2-6-13(7-3-1)18-14-8-4-5-12(11-14)15-9-10-16-17-15/h4-5,8-11,13H,1-3,6-7H2,(H,16,17). The minimum atomic E-state index is 0.399. The van der Waals surface area contributed by atoms with E-state index in [9.17, 15) is 0 Å². The summed E-state index contributed by atoms with van der Waals surface area (Å²) in [5.41, 5.74) is 2.16. The summed E-state index contributed by atoms with van der Waals surface area (Å²) in [5, 5.41) is 6.96. The normalized spacial score (nSPS) is 16.7. The van der Waals surface area contributed by atoms with Gasteiger partial charge in [0.15, 0.2) is 0 Å². The highest BCUT2D eigenvalue weighted by Gasteiger charge is 2.14. The first-order valence-electron chi connectivity index (χ1n) is 6.68. The minimum Gasteiger partial charge on any atom is -0.490 e. The molecule has 1 aliphatic rings. The van der Waals surface area contributed by atoms with Crippen molar-refractivity contribution >= 4 is 0 Å². The largest absolute Gasteiger partial charge is 0.490 e. The number of hydrogen-bond acceptors (Lipinski definition) is 2. The van der Waals surface area contributed by atoms with Gasteiger partial charge in [0.2, 0.25) is 0 Å². The summed E-state index contributed by atoms with van der Waals surface area (Å²) in [6.45, 7) is 0. The van der Waals surface area contributed by atoms with Gasteiger partial charge in [-0.1, -0.05) is 18.6 Å². The lowest BCUT2D eigenvalue weighted by Gasteiger charge is -2.23. The Morgan fingerprint density at radius 3 is 2.78 bits per heavy atom. The number of aromatic amines is 1. The van der Waals surface area contributed by atoms with Gasteiger partial charge in [0.25, 0.3) is 0 Å². The van der Waals surface area contributed by atoms with Crippen LogP contribution in [0.15, 0.2) is 36.5 Å². The third-order valence-electron chi connectivity index (χ3n) is 3.50. The average Bonchev–Trinajstić information content (AvgIpc) is 2.94. The Kier molecular flexibility index (Phi) is 3.31. The number of nitrogens with zero attached hydrogens (tertiary/aromatic N) is 1. The van der Waals surface area contributed by atoms with Gasteiger partial charge in [-0.15, -0.1) is 0 Å². The van der Waals surface area contributed by atoms with Crippen LogP contribution in [0.25, 0.3) is 11.3 Å². The molecule has 0 radical (unpaired) electrons. The van der Waals surface area contributed by atoms with E-state index in [4.69, 9.17) is 4.74 Å². The fourth-order valence-electron chi connectivity index (χ4n) is 2.53. The number of H-pyrrole nitrogens is 1. The van der Waals surface area contributed by atoms with Crippen molar-refractivity contribution in [2.24, 2.45) is 0 Å². The van der Waals surface area contributed by atoms with Crippen LogP contribution in [0, 0.1) is 0 Å². The molecule has 1 fully saturated rings. The smallest absolute Gasteiger partial charge is 0.120 e. The average molecular weight is 242 g/mol. The van der Waals surface area contributed by atoms with Crippen LogP contribution in [0.2, 0.25) is 0 Å². The second kappa shape index (κ2) is 5.25. The zero-order valence-electron chi connectivity index (χ0n) is 10.4. The van der Waals surface area contributed by atoms with Crippen LogP contribution in [-0.4, -0.2) is 16.3 Å². The van der Waals surface area contributed by atoms with E-state index in [1.54, 1.807) is 6.20 Å². The molecule has 3 nitrogen and oxygen atoms in total. The van der Waals surface area contributed by atoms with Crippen molar-refractivity contribution in [2.75, 3.05) is 0 Å². The SMILES string of the molecule is c1cc(OC2CCCCC2)cc(-c2ccn[nH]2)c1. The van der Waals surface area contributed by atoms with Crippen molar-refractivity contribution in [3.63, 3.8) is 0 Å². The number of hydrogen-bond donors (Lipinski definition) is 1. The quantitative estimate of drug-likeness (QED) is 0.889. The van der Waals surface area contributed by atoms with E-state index in [0.29, 0.717) is 6.10 Å². The maximum absolute atomic E-state index is 6.06. The lowest BCUT2D eigenvalue weighted by Crippen LogP contribution is -2.19. The maximum atomic E-state index is 6.06. The van der Waals surface area contributed by atoms with E-state index < -0.39 is 0 Å². The molecule has 3 heteroatoms. The van der Waals surface area contributed by atoms with Gasteiger partial charge in [-0.25, -0.2) is 0 Å². The number of nitrogens with one attached hydrogen (secondary N) is 1. The summed E-state index contributed by atoms with van der Waals surface area (Å²) in [5.74, 6) is 0.967. The first kappa shape index (κ1) is 11.3. The van der Waals surface area contributed by atoms with Gasteiger partial charge in [0.1, 0.15) is 5.75 Å². The molecule has 1 aromatic carbocycles. The molecule has 0 unspecified atom stereocenters. The number of benzene rings is 1. The third kappa shape index (κ3) is 2.55. The Morgan fingerprint density at radius 1 is 1.11 bits per heavy atom. The molecule has 94 valence electrons. The van der Waals surface area contributed by atoms with Gasteiger partial charge < -0.3 is 4.74 Å². The summed E-state index contributed by atoms with van der Waals surface area (Å²) >= 11 is 0. The molecule has 1 N–H and O–H groups in total. The predicted octanol–water partition coefficient (Wildman–Crippen LogP) is 3.79. The Morgan fingerprint density at radius 2 is 2.00 bits per heavy atom. The zero-order valence-corrected chi connectivity index (χ0v) is 10.4. The highest BCUT2D eigenvalue weighted by molar-refractivity contribution is 5.60. The number of ether oxygens (including phenoxy) is 1. The monoisotopic (exact) mass is 242 g/mol. The molecule has 2 aromatic rings. The summed E-state index contributed by atoms with van der Waals surface area (Å²) in [6.07, 6.45) is 8.49.